The maximum atomic E-state index is 12.6. The van der Waals surface area contributed by atoms with Gasteiger partial charge < -0.3 is 24.6 Å². The lowest BCUT2D eigenvalue weighted by Gasteiger charge is -2.20. The first-order valence-electron chi connectivity index (χ1n) is 21.5. The van der Waals surface area contributed by atoms with E-state index in [1.165, 1.54) is 161 Å². The zero-order chi connectivity index (χ0) is 37.5. The molecule has 0 aliphatic carbocycles. The van der Waals surface area contributed by atoms with Gasteiger partial charge in [0.2, 0.25) is 0 Å². The lowest BCUT2D eigenvalue weighted by atomic mass is 10.0. The van der Waals surface area contributed by atoms with Gasteiger partial charge in [0.05, 0.1) is 26.4 Å². The molecule has 0 aromatic carbocycles. The van der Waals surface area contributed by atoms with Crippen molar-refractivity contribution in [2.75, 3.05) is 33.0 Å². The van der Waals surface area contributed by atoms with Gasteiger partial charge in [-0.1, -0.05) is 194 Å². The summed E-state index contributed by atoms with van der Waals surface area (Å²) in [6, 6.07) is 0. The van der Waals surface area contributed by atoms with E-state index in [0.29, 0.717) is 6.61 Å². The average molecular weight is 751 g/mol. The number of hydrogen-bond donors (Lipinski definition) is 3. The highest BCUT2D eigenvalue weighted by atomic mass is 31.2. The van der Waals surface area contributed by atoms with Crippen LogP contribution in [-0.4, -0.2) is 66.3 Å². The number of phosphoric ester groups is 1. The monoisotopic (exact) mass is 751 g/mol. The number of carbonyl (C=O) groups is 1. The topological polar surface area (TPSA) is 132 Å². The Hall–Kier alpha value is -0.540. The van der Waals surface area contributed by atoms with Crippen LogP contribution in [0.2, 0.25) is 0 Å². The fraction of sp³-hybridized carbons (Fsp3) is 0.976. The molecule has 51 heavy (non-hydrogen) atoms. The minimum atomic E-state index is -4.50. The first kappa shape index (κ1) is 50.5. The lowest BCUT2D eigenvalue weighted by Crippen LogP contribution is -2.29. The van der Waals surface area contributed by atoms with Crippen molar-refractivity contribution in [1.29, 1.82) is 0 Å². The van der Waals surface area contributed by atoms with Crippen LogP contribution in [0.5, 0.6) is 0 Å². The van der Waals surface area contributed by atoms with Crippen molar-refractivity contribution >= 4 is 13.8 Å². The first-order valence-corrected chi connectivity index (χ1v) is 23.0. The van der Waals surface area contributed by atoms with Crippen LogP contribution in [0.25, 0.3) is 0 Å². The van der Waals surface area contributed by atoms with E-state index >= 15 is 0 Å². The number of unbranched alkanes of at least 4 members (excludes halogenated alkanes) is 28. The van der Waals surface area contributed by atoms with Crippen molar-refractivity contribution in [3.8, 4) is 0 Å². The van der Waals surface area contributed by atoms with Gasteiger partial charge in [-0.3, -0.25) is 13.8 Å². The highest BCUT2D eigenvalue weighted by Gasteiger charge is 2.26. The smallest absolute Gasteiger partial charge is 0.457 e. The molecule has 10 heteroatoms. The van der Waals surface area contributed by atoms with E-state index in [1.54, 1.807) is 0 Å². The third-order valence-electron chi connectivity index (χ3n) is 9.54. The zero-order valence-electron chi connectivity index (χ0n) is 33.3. The minimum absolute atomic E-state index is 0.0577. The van der Waals surface area contributed by atoms with Crippen LogP contribution < -0.4 is 0 Å². The summed E-state index contributed by atoms with van der Waals surface area (Å²) in [6.07, 6.45) is 36.3. The van der Waals surface area contributed by atoms with Crippen molar-refractivity contribution < 1.29 is 43.0 Å². The molecule has 0 aromatic heterocycles. The van der Waals surface area contributed by atoms with Gasteiger partial charge in [0.15, 0.2) is 0 Å². The van der Waals surface area contributed by atoms with E-state index in [9.17, 15) is 19.4 Å². The molecule has 1 unspecified atom stereocenters. The molecule has 0 saturated carbocycles. The van der Waals surface area contributed by atoms with E-state index in [-0.39, 0.29) is 25.6 Å². The Balaban J connectivity index is 4.10. The van der Waals surface area contributed by atoms with Crippen molar-refractivity contribution in [3.63, 3.8) is 0 Å². The van der Waals surface area contributed by atoms with Gasteiger partial charge in [0, 0.05) is 13.0 Å². The third-order valence-corrected chi connectivity index (χ3v) is 10.5. The number of aliphatic hydroxyl groups is 2. The number of esters is 1. The maximum absolute atomic E-state index is 12.6. The maximum Gasteiger partial charge on any atom is 0.472 e. The lowest BCUT2D eigenvalue weighted by molar-refractivity contribution is -0.154. The summed E-state index contributed by atoms with van der Waals surface area (Å²) in [5.41, 5.74) is 0. The molecule has 9 nitrogen and oxygen atoms in total. The van der Waals surface area contributed by atoms with Gasteiger partial charge in [-0.2, -0.15) is 0 Å². The summed E-state index contributed by atoms with van der Waals surface area (Å²) in [4.78, 5) is 22.5. The Morgan fingerprint density at radius 1 is 0.529 bits per heavy atom. The van der Waals surface area contributed by atoms with E-state index < -0.39 is 33.2 Å². The van der Waals surface area contributed by atoms with Gasteiger partial charge >= 0.3 is 13.8 Å². The summed E-state index contributed by atoms with van der Waals surface area (Å²) < 4.78 is 33.3. The fourth-order valence-electron chi connectivity index (χ4n) is 6.24. The Kier molecular flexibility index (Phi) is 38.7. The Bertz CT molecular complexity index is 769. The van der Waals surface area contributed by atoms with Gasteiger partial charge in [-0.15, -0.1) is 0 Å². The molecule has 306 valence electrons. The summed E-state index contributed by atoms with van der Waals surface area (Å²) in [5, 5.41) is 18.3. The van der Waals surface area contributed by atoms with Crippen LogP contribution in [0.15, 0.2) is 0 Å². The van der Waals surface area contributed by atoms with Gasteiger partial charge in [-0.05, 0) is 12.8 Å². The molecule has 0 bridgehead atoms. The summed E-state index contributed by atoms with van der Waals surface area (Å²) in [5.74, 6) is -0.376. The molecule has 0 saturated heterocycles. The number of aliphatic hydroxyl groups excluding tert-OH is 2. The molecule has 0 aliphatic heterocycles. The standard InChI is InChI=1S/C41H83O9P/c1-3-5-7-9-11-13-15-17-18-19-20-21-22-23-25-27-29-31-33-41(44)50-40(38-49-51(45,46)48-36-39(43)35-42)37-47-34-32-30-28-26-24-16-14-12-10-8-6-4-2/h39-40,42-43H,3-38H2,1-2H3,(H,45,46)/t39-,40+/m0/s1. The minimum Gasteiger partial charge on any atom is -0.457 e. The van der Waals surface area contributed by atoms with Crippen LogP contribution in [0.1, 0.15) is 213 Å². The van der Waals surface area contributed by atoms with Crippen LogP contribution in [-0.2, 0) is 27.9 Å². The fourth-order valence-corrected chi connectivity index (χ4v) is 7.03. The number of hydrogen-bond acceptors (Lipinski definition) is 8. The van der Waals surface area contributed by atoms with Crippen LogP contribution in [0, 0.1) is 0 Å². The normalized spacial score (nSPS) is 14.1. The van der Waals surface area contributed by atoms with E-state index in [1.807, 2.05) is 0 Å². The molecule has 0 spiro atoms. The molecule has 3 N–H and O–H groups in total. The second-order valence-corrected chi connectivity index (χ2v) is 16.2. The molecular weight excluding hydrogens is 667 g/mol. The van der Waals surface area contributed by atoms with Crippen LogP contribution in [0.3, 0.4) is 0 Å². The van der Waals surface area contributed by atoms with Gasteiger partial charge in [0.25, 0.3) is 0 Å². The Labute approximate surface area is 314 Å². The average Bonchev–Trinajstić information content (AvgIpc) is 3.12. The highest BCUT2D eigenvalue weighted by molar-refractivity contribution is 7.47. The predicted molar refractivity (Wildman–Crippen MR) is 210 cm³/mol. The molecule has 3 atom stereocenters. The van der Waals surface area contributed by atoms with Crippen molar-refractivity contribution in [3.05, 3.63) is 0 Å². The third kappa shape index (κ3) is 39.0. The van der Waals surface area contributed by atoms with Gasteiger partial charge in [-0.25, -0.2) is 4.57 Å². The molecule has 0 heterocycles. The van der Waals surface area contributed by atoms with E-state index in [4.69, 9.17) is 23.6 Å². The van der Waals surface area contributed by atoms with Crippen LogP contribution >= 0.6 is 7.82 Å². The molecule has 0 amide bonds. The predicted octanol–water partition coefficient (Wildman–Crippen LogP) is 11.5. The molecule has 0 fully saturated rings. The van der Waals surface area contributed by atoms with Crippen LogP contribution in [0.4, 0.5) is 0 Å². The van der Waals surface area contributed by atoms with Crippen molar-refractivity contribution in [2.45, 2.75) is 225 Å². The largest absolute Gasteiger partial charge is 0.472 e. The summed E-state index contributed by atoms with van der Waals surface area (Å²) in [7, 11) is -4.50. The quantitative estimate of drug-likeness (QED) is 0.0317. The SMILES string of the molecule is CCCCCCCCCCCCCCCCCCCCC(=O)O[C@H](COCCCCCCCCCCCCCC)COP(=O)(O)OC[C@@H](O)CO. The number of phosphoric acid groups is 1. The number of ether oxygens (including phenoxy) is 2. The Morgan fingerprint density at radius 3 is 1.27 bits per heavy atom. The highest BCUT2D eigenvalue weighted by Crippen LogP contribution is 2.43. The van der Waals surface area contributed by atoms with E-state index in [2.05, 4.69) is 13.8 Å². The second-order valence-electron chi connectivity index (χ2n) is 14.7. The summed E-state index contributed by atoms with van der Waals surface area (Å²) in [6.45, 7) is 3.57. The number of rotatable bonds is 42. The summed E-state index contributed by atoms with van der Waals surface area (Å²) >= 11 is 0. The molecular formula is C41H83O9P. The molecule has 0 aromatic rings. The zero-order valence-corrected chi connectivity index (χ0v) is 34.2. The van der Waals surface area contributed by atoms with Crippen molar-refractivity contribution in [2.24, 2.45) is 0 Å². The Morgan fingerprint density at radius 2 is 0.882 bits per heavy atom. The first-order chi connectivity index (χ1) is 24.8. The molecule has 0 rings (SSSR count). The number of carbonyl (C=O) groups excluding carboxylic acids is 1. The van der Waals surface area contributed by atoms with E-state index in [0.717, 1.165) is 32.1 Å². The molecule has 0 radical (unpaired) electrons. The van der Waals surface area contributed by atoms with Crippen molar-refractivity contribution in [1.82, 2.24) is 0 Å². The second kappa shape index (κ2) is 39.2. The molecule has 0 aliphatic rings. The van der Waals surface area contributed by atoms with Gasteiger partial charge in [0.1, 0.15) is 12.2 Å².